The summed E-state index contributed by atoms with van der Waals surface area (Å²) in [5, 5.41) is 0. The van der Waals surface area contributed by atoms with Crippen molar-refractivity contribution < 1.29 is 14.3 Å². The number of hydrogen-bond acceptors (Lipinski definition) is 3. The molecule has 0 aliphatic carbocycles. The van der Waals surface area contributed by atoms with Gasteiger partial charge in [0.2, 0.25) is 0 Å². The molecule has 1 aromatic carbocycles. The maximum Gasteiger partial charge on any atom is 0.509 e. The molecule has 0 bridgehead atoms. The lowest BCUT2D eigenvalue weighted by molar-refractivity contribution is 0.126. The molecule has 70 valence electrons. The molecule has 1 atom stereocenters. The van der Waals surface area contributed by atoms with Crippen molar-refractivity contribution in [3.05, 3.63) is 35.9 Å². The highest BCUT2D eigenvalue weighted by atomic mass is 16.8. The second kappa shape index (κ2) is 3.84. The van der Waals surface area contributed by atoms with Crippen LogP contribution in [0, 0.1) is 11.8 Å². The van der Waals surface area contributed by atoms with Crippen LogP contribution < -0.4 is 0 Å². The Balaban J connectivity index is 2.04. The van der Waals surface area contributed by atoms with E-state index in [0.717, 1.165) is 5.56 Å². The van der Waals surface area contributed by atoms with Crippen molar-refractivity contribution in [1.82, 2.24) is 0 Å². The fourth-order valence-electron chi connectivity index (χ4n) is 1.08. The van der Waals surface area contributed by atoms with Crippen LogP contribution in [-0.4, -0.2) is 18.9 Å². The topological polar surface area (TPSA) is 35.5 Å². The quantitative estimate of drug-likeness (QED) is 0.458. The third-order valence-electron chi connectivity index (χ3n) is 1.74. The van der Waals surface area contributed by atoms with E-state index >= 15 is 0 Å². The maximum atomic E-state index is 10.6. The maximum absolute atomic E-state index is 10.6. The molecule has 3 nitrogen and oxygen atoms in total. The Bertz CT molecular complexity index is 386. The average molecular weight is 188 g/mol. The van der Waals surface area contributed by atoms with Gasteiger partial charge in [0.05, 0.1) is 0 Å². The van der Waals surface area contributed by atoms with Crippen LogP contribution >= 0.6 is 0 Å². The minimum Gasteiger partial charge on any atom is -0.429 e. The molecule has 3 heteroatoms. The van der Waals surface area contributed by atoms with Crippen molar-refractivity contribution in [3.8, 4) is 11.8 Å². The van der Waals surface area contributed by atoms with Crippen LogP contribution in [0.25, 0.3) is 0 Å². The summed E-state index contributed by atoms with van der Waals surface area (Å²) in [6.45, 7) is 0.221. The molecule has 2 rings (SSSR count). The van der Waals surface area contributed by atoms with Crippen LogP contribution in [0.3, 0.4) is 0 Å². The molecule has 1 aromatic rings. The third kappa shape index (κ3) is 2.05. The first-order valence-electron chi connectivity index (χ1n) is 4.24. The Kier molecular flexibility index (Phi) is 2.37. The predicted octanol–water partition coefficient (Wildman–Crippen LogP) is 1.57. The molecule has 0 saturated carbocycles. The van der Waals surface area contributed by atoms with Crippen molar-refractivity contribution in [2.45, 2.75) is 6.10 Å². The van der Waals surface area contributed by atoms with Crippen molar-refractivity contribution in [1.29, 1.82) is 0 Å². The predicted molar refractivity (Wildman–Crippen MR) is 49.5 cm³/mol. The van der Waals surface area contributed by atoms with E-state index in [9.17, 15) is 4.79 Å². The molecular formula is C11H8O3. The second-order valence-corrected chi connectivity index (χ2v) is 2.80. The molecule has 0 amide bonds. The molecule has 1 aliphatic rings. The SMILES string of the molecule is O=C1OC[C@H](C#Cc2ccccc2)O1. The Morgan fingerprint density at radius 3 is 2.71 bits per heavy atom. The van der Waals surface area contributed by atoms with E-state index in [2.05, 4.69) is 16.6 Å². The lowest BCUT2D eigenvalue weighted by atomic mass is 10.2. The van der Waals surface area contributed by atoms with E-state index < -0.39 is 12.3 Å². The second-order valence-electron chi connectivity index (χ2n) is 2.80. The molecule has 1 aliphatic heterocycles. The molecule has 1 heterocycles. The largest absolute Gasteiger partial charge is 0.509 e. The van der Waals surface area contributed by atoms with Gasteiger partial charge in [-0.3, -0.25) is 0 Å². The molecule has 0 radical (unpaired) electrons. The first-order chi connectivity index (χ1) is 6.84. The Labute approximate surface area is 81.6 Å². The zero-order chi connectivity index (χ0) is 9.80. The standard InChI is InChI=1S/C11H8O3/c12-11-13-8-10(14-11)7-6-9-4-2-1-3-5-9/h1-5,10H,8H2/t10-/m0/s1. The van der Waals surface area contributed by atoms with Crippen LogP contribution in [0.5, 0.6) is 0 Å². The molecule has 1 fully saturated rings. The Hall–Kier alpha value is -1.95. The van der Waals surface area contributed by atoms with Gasteiger partial charge in [-0.1, -0.05) is 24.1 Å². The fraction of sp³-hybridized carbons (Fsp3) is 0.182. The molecule has 0 aromatic heterocycles. The van der Waals surface area contributed by atoms with Gasteiger partial charge in [-0.15, -0.1) is 0 Å². The average Bonchev–Trinajstić information content (AvgIpc) is 2.63. The van der Waals surface area contributed by atoms with Gasteiger partial charge in [-0.25, -0.2) is 4.79 Å². The summed E-state index contributed by atoms with van der Waals surface area (Å²) in [4.78, 5) is 10.6. The van der Waals surface area contributed by atoms with Crippen LogP contribution in [-0.2, 0) is 9.47 Å². The minimum atomic E-state index is -0.641. The van der Waals surface area contributed by atoms with Gasteiger partial charge in [-0.05, 0) is 18.1 Å². The van der Waals surface area contributed by atoms with Gasteiger partial charge in [0, 0.05) is 5.56 Å². The number of benzene rings is 1. The van der Waals surface area contributed by atoms with Crippen LogP contribution in [0.4, 0.5) is 4.79 Å². The van der Waals surface area contributed by atoms with Gasteiger partial charge in [0.1, 0.15) is 6.61 Å². The normalized spacial score (nSPS) is 19.1. The van der Waals surface area contributed by atoms with Gasteiger partial charge >= 0.3 is 6.16 Å². The first-order valence-corrected chi connectivity index (χ1v) is 4.24. The van der Waals surface area contributed by atoms with Crippen LogP contribution in [0.1, 0.15) is 5.56 Å². The highest BCUT2D eigenvalue weighted by molar-refractivity contribution is 5.62. The zero-order valence-corrected chi connectivity index (χ0v) is 7.40. The number of carbonyl (C=O) groups excluding carboxylic acids is 1. The lowest BCUT2D eigenvalue weighted by Crippen LogP contribution is -2.05. The highest BCUT2D eigenvalue weighted by Gasteiger charge is 2.22. The van der Waals surface area contributed by atoms with Gasteiger partial charge in [0.15, 0.2) is 6.10 Å². The molecule has 14 heavy (non-hydrogen) atoms. The third-order valence-corrected chi connectivity index (χ3v) is 1.74. The summed E-state index contributed by atoms with van der Waals surface area (Å²) in [6.07, 6.45) is -1.07. The number of cyclic esters (lactones) is 2. The zero-order valence-electron chi connectivity index (χ0n) is 7.40. The lowest BCUT2D eigenvalue weighted by Gasteiger charge is -1.93. The summed E-state index contributed by atoms with van der Waals surface area (Å²) >= 11 is 0. The van der Waals surface area contributed by atoms with Crippen molar-refractivity contribution in [2.24, 2.45) is 0 Å². The number of ether oxygens (including phenoxy) is 2. The van der Waals surface area contributed by atoms with E-state index in [1.165, 1.54) is 0 Å². The Morgan fingerprint density at radius 2 is 2.07 bits per heavy atom. The van der Waals surface area contributed by atoms with E-state index in [0.29, 0.717) is 0 Å². The van der Waals surface area contributed by atoms with Crippen molar-refractivity contribution >= 4 is 6.16 Å². The molecule has 0 spiro atoms. The van der Waals surface area contributed by atoms with Gasteiger partial charge in [0.25, 0.3) is 0 Å². The number of carbonyl (C=O) groups is 1. The van der Waals surface area contributed by atoms with E-state index in [1.807, 2.05) is 30.3 Å². The highest BCUT2D eigenvalue weighted by Crippen LogP contribution is 2.05. The monoisotopic (exact) mass is 188 g/mol. The molecule has 1 saturated heterocycles. The summed E-state index contributed by atoms with van der Waals surface area (Å²) in [5.74, 6) is 5.71. The van der Waals surface area contributed by atoms with E-state index in [4.69, 9.17) is 4.74 Å². The molecule has 0 unspecified atom stereocenters. The summed E-state index contributed by atoms with van der Waals surface area (Å²) < 4.78 is 9.34. The minimum absolute atomic E-state index is 0.221. The fourth-order valence-corrected chi connectivity index (χ4v) is 1.08. The summed E-state index contributed by atoms with van der Waals surface area (Å²) in [7, 11) is 0. The van der Waals surface area contributed by atoms with Crippen LogP contribution in [0.2, 0.25) is 0 Å². The van der Waals surface area contributed by atoms with Gasteiger partial charge < -0.3 is 9.47 Å². The van der Waals surface area contributed by atoms with Crippen LogP contribution in [0.15, 0.2) is 30.3 Å². The molecule has 0 N–H and O–H groups in total. The first kappa shape index (κ1) is 8.64. The summed E-state index contributed by atoms with van der Waals surface area (Å²) in [5.41, 5.74) is 0.899. The Morgan fingerprint density at radius 1 is 1.29 bits per heavy atom. The van der Waals surface area contributed by atoms with Crippen molar-refractivity contribution in [3.63, 3.8) is 0 Å². The smallest absolute Gasteiger partial charge is 0.429 e. The number of rotatable bonds is 0. The van der Waals surface area contributed by atoms with E-state index in [1.54, 1.807) is 0 Å². The van der Waals surface area contributed by atoms with E-state index in [-0.39, 0.29) is 6.61 Å². The molecular weight excluding hydrogens is 180 g/mol. The summed E-state index contributed by atoms with van der Waals surface area (Å²) in [6, 6.07) is 9.52. The number of hydrogen-bond donors (Lipinski definition) is 0. The van der Waals surface area contributed by atoms with Gasteiger partial charge in [-0.2, -0.15) is 0 Å². The van der Waals surface area contributed by atoms with Crippen molar-refractivity contribution in [2.75, 3.05) is 6.61 Å².